The number of ether oxygens (including phenoxy) is 1. The van der Waals surface area contributed by atoms with Crippen LogP contribution in [0.25, 0.3) is 10.9 Å². The Kier molecular flexibility index (Phi) is 6.46. The lowest BCUT2D eigenvalue weighted by atomic mass is 10.0. The average molecular weight is 561 g/mol. The van der Waals surface area contributed by atoms with E-state index in [0.717, 1.165) is 17.0 Å². The normalized spacial score (nSPS) is 15.6. The highest BCUT2D eigenvalue weighted by Gasteiger charge is 2.34. The van der Waals surface area contributed by atoms with E-state index in [1.165, 1.54) is 12.5 Å². The SMILES string of the molecule is Cc1cc(S(=O)(=O)C2CCN(C(=O)c3ccco3)CC2)cc2c(Nc3cccc4c3CCO4)c(C(N)=O)cnc12. The zero-order chi connectivity index (χ0) is 28.0. The number of amides is 2. The highest BCUT2D eigenvalue weighted by atomic mass is 32.2. The molecule has 0 unspecified atom stereocenters. The second-order valence-electron chi connectivity index (χ2n) is 10.1. The van der Waals surface area contributed by atoms with Crippen molar-refractivity contribution in [3.05, 3.63) is 77.4 Å². The number of pyridine rings is 1. The first-order chi connectivity index (χ1) is 19.2. The van der Waals surface area contributed by atoms with Crippen molar-refractivity contribution in [1.29, 1.82) is 0 Å². The molecular formula is C29H28N4O6S. The molecule has 0 atom stereocenters. The van der Waals surface area contributed by atoms with Gasteiger partial charge in [-0.1, -0.05) is 6.07 Å². The smallest absolute Gasteiger partial charge is 0.289 e. The summed E-state index contributed by atoms with van der Waals surface area (Å²) in [5.74, 6) is 0.0707. The molecule has 10 nitrogen and oxygen atoms in total. The lowest BCUT2D eigenvalue weighted by molar-refractivity contribution is 0.0693. The Morgan fingerprint density at radius 1 is 1.12 bits per heavy atom. The van der Waals surface area contributed by atoms with Crippen molar-refractivity contribution >= 4 is 43.9 Å². The number of hydrogen-bond acceptors (Lipinski definition) is 8. The van der Waals surface area contributed by atoms with Gasteiger partial charge in [0.15, 0.2) is 15.6 Å². The molecule has 4 heterocycles. The molecule has 1 fully saturated rings. The van der Waals surface area contributed by atoms with Gasteiger partial charge in [0.25, 0.3) is 11.8 Å². The van der Waals surface area contributed by atoms with E-state index in [9.17, 15) is 18.0 Å². The number of nitrogens with one attached hydrogen (secondary N) is 1. The number of aryl methyl sites for hydroxylation is 1. The monoisotopic (exact) mass is 560 g/mol. The van der Waals surface area contributed by atoms with E-state index in [2.05, 4.69) is 10.3 Å². The largest absolute Gasteiger partial charge is 0.493 e. The molecule has 0 bridgehead atoms. The Balaban J connectivity index is 1.36. The van der Waals surface area contributed by atoms with Crippen molar-refractivity contribution < 1.29 is 27.2 Å². The molecule has 3 N–H and O–H groups in total. The first-order valence-electron chi connectivity index (χ1n) is 13.1. The molecular weight excluding hydrogens is 532 g/mol. The molecule has 0 spiro atoms. The number of aromatic nitrogens is 1. The maximum absolute atomic E-state index is 13.9. The molecule has 206 valence electrons. The molecule has 2 aliphatic heterocycles. The van der Waals surface area contributed by atoms with Crippen molar-refractivity contribution in [2.24, 2.45) is 5.73 Å². The molecule has 6 rings (SSSR count). The van der Waals surface area contributed by atoms with Gasteiger partial charge in [0, 0.05) is 42.3 Å². The number of fused-ring (bicyclic) bond motifs is 2. The maximum atomic E-state index is 13.9. The van der Waals surface area contributed by atoms with E-state index in [1.807, 2.05) is 18.2 Å². The number of carbonyl (C=O) groups excluding carboxylic acids is 2. The summed E-state index contributed by atoms with van der Waals surface area (Å²) in [6, 6.07) is 12.0. The van der Waals surface area contributed by atoms with Gasteiger partial charge in [0.1, 0.15) is 5.75 Å². The van der Waals surface area contributed by atoms with Crippen LogP contribution in [0.5, 0.6) is 5.75 Å². The fourth-order valence-electron chi connectivity index (χ4n) is 5.52. The number of hydrogen-bond donors (Lipinski definition) is 2. The molecule has 2 amide bonds. The van der Waals surface area contributed by atoms with Crippen molar-refractivity contribution in [1.82, 2.24) is 9.88 Å². The van der Waals surface area contributed by atoms with E-state index in [1.54, 1.807) is 36.1 Å². The quantitative estimate of drug-likeness (QED) is 0.360. The number of likely N-dealkylation sites (tertiary alicyclic amines) is 1. The van der Waals surface area contributed by atoms with Crippen LogP contribution in [-0.4, -0.2) is 55.1 Å². The van der Waals surface area contributed by atoms with Crippen molar-refractivity contribution in [3.8, 4) is 5.75 Å². The van der Waals surface area contributed by atoms with Gasteiger partial charge in [0.05, 0.1) is 39.8 Å². The molecule has 4 aromatic rings. The number of carbonyl (C=O) groups is 2. The van der Waals surface area contributed by atoms with Gasteiger partial charge in [0.2, 0.25) is 0 Å². The van der Waals surface area contributed by atoms with Crippen molar-refractivity contribution in [2.45, 2.75) is 36.3 Å². The summed E-state index contributed by atoms with van der Waals surface area (Å²) in [4.78, 5) is 31.3. The van der Waals surface area contributed by atoms with Crippen LogP contribution in [0.4, 0.5) is 11.4 Å². The van der Waals surface area contributed by atoms with Crippen LogP contribution in [0, 0.1) is 6.92 Å². The van der Waals surface area contributed by atoms with Crippen molar-refractivity contribution in [3.63, 3.8) is 0 Å². The van der Waals surface area contributed by atoms with Gasteiger partial charge in [-0.15, -0.1) is 0 Å². The molecule has 40 heavy (non-hydrogen) atoms. The second-order valence-corrected chi connectivity index (χ2v) is 12.3. The minimum absolute atomic E-state index is 0.140. The Hall–Kier alpha value is -4.38. The standard InChI is InChI=1S/C29H28N4O6S/c1-17-14-19(40(36,37)18-7-10-33(11-8-18)29(35)25-6-3-12-38-25)15-21-26(17)31-16-22(28(30)34)27(21)32-23-4-2-5-24-20(23)9-13-39-24/h2-6,12,14-16,18H,7-11,13H2,1H3,(H2,30,34)(H,31,32). The van der Waals surface area contributed by atoms with E-state index in [4.69, 9.17) is 14.9 Å². The summed E-state index contributed by atoms with van der Waals surface area (Å²) in [5.41, 5.74) is 9.22. The van der Waals surface area contributed by atoms with E-state index in [0.29, 0.717) is 61.1 Å². The topological polar surface area (TPSA) is 145 Å². The summed E-state index contributed by atoms with van der Waals surface area (Å²) in [6.45, 7) is 2.96. The first kappa shape index (κ1) is 25.9. The lowest BCUT2D eigenvalue weighted by Crippen LogP contribution is -2.42. The zero-order valence-electron chi connectivity index (χ0n) is 21.8. The molecule has 2 aromatic carbocycles. The average Bonchev–Trinajstić information content (AvgIpc) is 3.66. The molecule has 1 saturated heterocycles. The second kappa shape index (κ2) is 9.98. The van der Waals surface area contributed by atoms with Crippen LogP contribution in [-0.2, 0) is 16.3 Å². The maximum Gasteiger partial charge on any atom is 0.289 e. The van der Waals surface area contributed by atoms with Crippen LogP contribution in [0.3, 0.4) is 0 Å². The third-order valence-corrected chi connectivity index (χ3v) is 9.87. The number of nitrogens with two attached hydrogens (primary N) is 1. The van der Waals surface area contributed by atoms with E-state index in [-0.39, 0.29) is 22.1 Å². The van der Waals surface area contributed by atoms with Gasteiger partial charge in [-0.2, -0.15) is 0 Å². The van der Waals surface area contributed by atoms with Gasteiger partial charge in [-0.3, -0.25) is 14.6 Å². The predicted octanol–water partition coefficient (Wildman–Crippen LogP) is 3.99. The zero-order valence-corrected chi connectivity index (χ0v) is 22.7. The molecule has 2 aliphatic rings. The van der Waals surface area contributed by atoms with Crippen LogP contribution in [0.15, 0.2) is 64.2 Å². The summed E-state index contributed by atoms with van der Waals surface area (Å²) in [7, 11) is -3.76. The van der Waals surface area contributed by atoms with Crippen LogP contribution in [0.2, 0.25) is 0 Å². The fraction of sp³-hybridized carbons (Fsp3) is 0.276. The fourth-order valence-corrected chi connectivity index (χ4v) is 7.36. The van der Waals surface area contributed by atoms with E-state index < -0.39 is 21.0 Å². The summed E-state index contributed by atoms with van der Waals surface area (Å²) in [5, 5.41) is 3.17. The minimum atomic E-state index is -3.76. The lowest BCUT2D eigenvalue weighted by Gasteiger charge is -2.31. The summed E-state index contributed by atoms with van der Waals surface area (Å²) in [6.07, 6.45) is 4.15. The van der Waals surface area contributed by atoms with Crippen LogP contribution in [0.1, 0.15) is 44.9 Å². The van der Waals surface area contributed by atoms with Crippen molar-refractivity contribution in [2.75, 3.05) is 25.0 Å². The third kappa shape index (κ3) is 4.45. The van der Waals surface area contributed by atoms with Crippen LogP contribution >= 0.6 is 0 Å². The number of furan rings is 1. The van der Waals surface area contributed by atoms with Gasteiger partial charge < -0.3 is 25.1 Å². The third-order valence-electron chi connectivity index (χ3n) is 7.63. The highest BCUT2D eigenvalue weighted by Crippen LogP contribution is 2.38. The summed E-state index contributed by atoms with van der Waals surface area (Å²) >= 11 is 0. The Bertz CT molecular complexity index is 1740. The number of nitrogens with zero attached hydrogens (tertiary/aromatic N) is 2. The number of primary amides is 1. The molecule has 0 aliphatic carbocycles. The Morgan fingerprint density at radius 2 is 1.93 bits per heavy atom. The van der Waals surface area contributed by atoms with Gasteiger partial charge >= 0.3 is 0 Å². The number of piperidine rings is 1. The molecule has 2 aromatic heterocycles. The minimum Gasteiger partial charge on any atom is -0.493 e. The predicted molar refractivity (Wildman–Crippen MR) is 149 cm³/mol. The summed E-state index contributed by atoms with van der Waals surface area (Å²) < 4.78 is 38.6. The Labute approximate surface area is 231 Å². The number of rotatable bonds is 6. The van der Waals surface area contributed by atoms with E-state index >= 15 is 0 Å². The first-order valence-corrected chi connectivity index (χ1v) is 14.6. The van der Waals surface area contributed by atoms with Gasteiger partial charge in [-0.25, -0.2) is 8.42 Å². The molecule has 0 saturated carbocycles. The van der Waals surface area contributed by atoms with Crippen LogP contribution < -0.4 is 15.8 Å². The number of sulfone groups is 1. The molecule has 11 heteroatoms. The number of benzene rings is 2. The molecule has 0 radical (unpaired) electrons. The highest BCUT2D eigenvalue weighted by molar-refractivity contribution is 7.92. The number of anilines is 2. The Morgan fingerprint density at radius 3 is 2.65 bits per heavy atom. The van der Waals surface area contributed by atoms with Gasteiger partial charge in [-0.05, 0) is 61.7 Å².